The minimum absolute atomic E-state index is 0.243. The van der Waals surface area contributed by atoms with Gasteiger partial charge in [0.1, 0.15) is 0 Å². The van der Waals surface area contributed by atoms with Crippen LogP contribution >= 0.6 is 15.9 Å². The van der Waals surface area contributed by atoms with Gasteiger partial charge in [-0.1, -0.05) is 6.08 Å². The number of cyclic esters (lactones) is 1. The molecule has 0 saturated carbocycles. The number of hydrogen-bond donors (Lipinski definition) is 0. The van der Waals surface area contributed by atoms with Gasteiger partial charge in [-0.15, -0.1) is 0 Å². The van der Waals surface area contributed by atoms with Gasteiger partial charge < -0.3 is 4.74 Å². The molecule has 1 rings (SSSR count). The first-order valence-electron chi connectivity index (χ1n) is 2.83. The standard InChI is InChI=1S/C6H7BrO2/c7-5-3-1-2-4-9-6(5)8/h3H,1-2,4H2. The van der Waals surface area contributed by atoms with Crippen LogP contribution < -0.4 is 0 Å². The maximum Gasteiger partial charge on any atom is 0.344 e. The third-order valence-electron chi connectivity index (χ3n) is 1.10. The fraction of sp³-hybridized carbons (Fsp3) is 0.500. The molecule has 1 aliphatic heterocycles. The van der Waals surface area contributed by atoms with Crippen molar-refractivity contribution in [1.82, 2.24) is 0 Å². The Labute approximate surface area is 62.0 Å². The molecule has 0 aromatic carbocycles. The molecule has 0 saturated heterocycles. The minimum atomic E-state index is -0.243. The fourth-order valence-corrected chi connectivity index (χ4v) is 0.973. The highest BCUT2D eigenvalue weighted by atomic mass is 79.9. The number of ether oxygens (including phenoxy) is 1. The summed E-state index contributed by atoms with van der Waals surface area (Å²) in [6.45, 7) is 0.546. The number of allylic oxidation sites excluding steroid dienone is 1. The first-order chi connectivity index (χ1) is 4.30. The molecular weight excluding hydrogens is 184 g/mol. The van der Waals surface area contributed by atoms with Gasteiger partial charge in [0.25, 0.3) is 0 Å². The molecule has 0 radical (unpaired) electrons. The molecule has 0 N–H and O–H groups in total. The van der Waals surface area contributed by atoms with Crippen molar-refractivity contribution in [1.29, 1.82) is 0 Å². The van der Waals surface area contributed by atoms with Crippen molar-refractivity contribution in [2.45, 2.75) is 12.8 Å². The monoisotopic (exact) mass is 190 g/mol. The van der Waals surface area contributed by atoms with E-state index in [0.29, 0.717) is 11.1 Å². The Hall–Kier alpha value is -0.310. The molecule has 0 fully saturated rings. The molecule has 0 aromatic heterocycles. The van der Waals surface area contributed by atoms with Gasteiger partial charge >= 0.3 is 5.97 Å². The van der Waals surface area contributed by atoms with Crippen LogP contribution in [0.5, 0.6) is 0 Å². The number of halogens is 1. The second kappa shape index (κ2) is 3.01. The first-order valence-corrected chi connectivity index (χ1v) is 3.63. The Kier molecular flexibility index (Phi) is 2.28. The molecular formula is C6H7BrO2. The SMILES string of the molecule is O=C1OCCCC=C1Br. The van der Waals surface area contributed by atoms with E-state index in [9.17, 15) is 4.79 Å². The highest BCUT2D eigenvalue weighted by Gasteiger charge is 2.09. The molecule has 0 aromatic rings. The average molecular weight is 191 g/mol. The van der Waals surface area contributed by atoms with Gasteiger partial charge in [-0.3, -0.25) is 0 Å². The van der Waals surface area contributed by atoms with E-state index >= 15 is 0 Å². The summed E-state index contributed by atoms with van der Waals surface area (Å²) in [6, 6.07) is 0. The summed E-state index contributed by atoms with van der Waals surface area (Å²) in [7, 11) is 0. The van der Waals surface area contributed by atoms with Crippen LogP contribution in [0.2, 0.25) is 0 Å². The minimum Gasteiger partial charge on any atom is -0.462 e. The molecule has 2 nitrogen and oxygen atoms in total. The van der Waals surface area contributed by atoms with Crippen molar-refractivity contribution >= 4 is 21.9 Å². The smallest absolute Gasteiger partial charge is 0.344 e. The second-order valence-electron chi connectivity index (χ2n) is 1.83. The summed E-state index contributed by atoms with van der Waals surface area (Å²) in [5.74, 6) is -0.243. The Morgan fingerprint density at radius 2 is 2.44 bits per heavy atom. The maximum atomic E-state index is 10.7. The maximum absolute atomic E-state index is 10.7. The lowest BCUT2D eigenvalue weighted by atomic mass is 10.3. The lowest BCUT2D eigenvalue weighted by molar-refractivity contribution is -0.137. The van der Waals surface area contributed by atoms with Crippen molar-refractivity contribution in [3.05, 3.63) is 10.6 Å². The third kappa shape index (κ3) is 1.82. The van der Waals surface area contributed by atoms with Crippen LogP contribution in [0.4, 0.5) is 0 Å². The lowest BCUT2D eigenvalue weighted by Gasteiger charge is -1.95. The zero-order chi connectivity index (χ0) is 6.69. The van der Waals surface area contributed by atoms with Gasteiger partial charge in [-0.05, 0) is 28.8 Å². The van der Waals surface area contributed by atoms with Gasteiger partial charge in [-0.25, -0.2) is 4.79 Å². The zero-order valence-corrected chi connectivity index (χ0v) is 6.48. The number of rotatable bonds is 0. The van der Waals surface area contributed by atoms with Gasteiger partial charge in [0.15, 0.2) is 0 Å². The van der Waals surface area contributed by atoms with E-state index in [1.54, 1.807) is 0 Å². The average Bonchev–Trinajstić information content (AvgIpc) is 1.99. The predicted molar refractivity (Wildman–Crippen MR) is 37.2 cm³/mol. The van der Waals surface area contributed by atoms with Crippen molar-refractivity contribution in [3.8, 4) is 0 Å². The number of esters is 1. The van der Waals surface area contributed by atoms with Crippen molar-refractivity contribution in [2.24, 2.45) is 0 Å². The summed E-state index contributed by atoms with van der Waals surface area (Å²) in [5.41, 5.74) is 0. The molecule has 0 atom stereocenters. The normalized spacial score (nSPS) is 20.1. The van der Waals surface area contributed by atoms with Crippen LogP contribution in [0.3, 0.4) is 0 Å². The summed E-state index contributed by atoms with van der Waals surface area (Å²) in [4.78, 5) is 10.7. The van der Waals surface area contributed by atoms with Crippen molar-refractivity contribution < 1.29 is 9.53 Å². The van der Waals surface area contributed by atoms with E-state index < -0.39 is 0 Å². The summed E-state index contributed by atoms with van der Waals surface area (Å²) >= 11 is 3.09. The topological polar surface area (TPSA) is 26.3 Å². The molecule has 0 unspecified atom stereocenters. The van der Waals surface area contributed by atoms with Gasteiger partial charge in [-0.2, -0.15) is 0 Å². The number of carbonyl (C=O) groups excluding carboxylic acids is 1. The fourth-order valence-electron chi connectivity index (χ4n) is 0.629. The summed E-state index contributed by atoms with van der Waals surface area (Å²) in [6.07, 6.45) is 3.70. The van der Waals surface area contributed by atoms with Crippen LogP contribution in [0.15, 0.2) is 10.6 Å². The molecule has 0 spiro atoms. The van der Waals surface area contributed by atoms with Crippen molar-refractivity contribution in [3.63, 3.8) is 0 Å². The number of hydrogen-bond acceptors (Lipinski definition) is 2. The molecule has 1 aliphatic rings. The van der Waals surface area contributed by atoms with Crippen LogP contribution in [0.25, 0.3) is 0 Å². The largest absolute Gasteiger partial charge is 0.462 e. The van der Waals surface area contributed by atoms with Gasteiger partial charge in [0, 0.05) is 0 Å². The van der Waals surface area contributed by atoms with Crippen LogP contribution in [0, 0.1) is 0 Å². The number of carbonyl (C=O) groups is 1. The summed E-state index contributed by atoms with van der Waals surface area (Å²) < 4.78 is 5.32. The van der Waals surface area contributed by atoms with Crippen LogP contribution in [-0.2, 0) is 9.53 Å². The second-order valence-corrected chi connectivity index (χ2v) is 2.68. The quantitative estimate of drug-likeness (QED) is 0.543. The highest BCUT2D eigenvalue weighted by Crippen LogP contribution is 2.13. The Morgan fingerprint density at radius 1 is 1.67 bits per heavy atom. The Morgan fingerprint density at radius 3 is 3.22 bits per heavy atom. The zero-order valence-electron chi connectivity index (χ0n) is 4.89. The van der Waals surface area contributed by atoms with E-state index in [1.807, 2.05) is 6.08 Å². The van der Waals surface area contributed by atoms with E-state index in [1.165, 1.54) is 0 Å². The van der Waals surface area contributed by atoms with E-state index in [4.69, 9.17) is 4.74 Å². The third-order valence-corrected chi connectivity index (χ3v) is 1.75. The van der Waals surface area contributed by atoms with Gasteiger partial charge in [0.05, 0.1) is 11.1 Å². The molecule has 0 aliphatic carbocycles. The Bertz CT molecular complexity index is 151. The van der Waals surface area contributed by atoms with Crippen LogP contribution in [0.1, 0.15) is 12.8 Å². The summed E-state index contributed by atoms with van der Waals surface area (Å²) in [5, 5.41) is 0. The molecule has 0 bridgehead atoms. The van der Waals surface area contributed by atoms with E-state index in [2.05, 4.69) is 15.9 Å². The van der Waals surface area contributed by atoms with Crippen LogP contribution in [-0.4, -0.2) is 12.6 Å². The van der Waals surface area contributed by atoms with Gasteiger partial charge in [0.2, 0.25) is 0 Å². The first kappa shape index (κ1) is 6.81. The lowest BCUT2D eigenvalue weighted by Crippen LogP contribution is -2.01. The molecule has 1 heterocycles. The van der Waals surface area contributed by atoms with E-state index in [-0.39, 0.29) is 5.97 Å². The highest BCUT2D eigenvalue weighted by molar-refractivity contribution is 9.12. The van der Waals surface area contributed by atoms with E-state index in [0.717, 1.165) is 12.8 Å². The molecule has 9 heavy (non-hydrogen) atoms. The molecule has 50 valence electrons. The van der Waals surface area contributed by atoms with Crippen molar-refractivity contribution in [2.75, 3.05) is 6.61 Å². The predicted octanol–water partition coefficient (Wildman–Crippen LogP) is 1.60. The molecule has 3 heteroatoms. The Balaban J connectivity index is 2.61. The molecule has 0 amide bonds.